The Labute approximate surface area is 94.2 Å². The summed E-state index contributed by atoms with van der Waals surface area (Å²) < 4.78 is 4.74. The van der Waals surface area contributed by atoms with Crippen molar-refractivity contribution in [3.8, 4) is 0 Å². The maximum absolute atomic E-state index is 11.6. The van der Waals surface area contributed by atoms with Crippen molar-refractivity contribution in [2.45, 2.75) is 6.04 Å². The van der Waals surface area contributed by atoms with Crippen molar-refractivity contribution in [3.63, 3.8) is 0 Å². The number of nitrogens with two attached hydrogens (primary N) is 1. The van der Waals surface area contributed by atoms with Crippen molar-refractivity contribution >= 4 is 11.5 Å². The van der Waals surface area contributed by atoms with E-state index < -0.39 is 0 Å². The van der Waals surface area contributed by atoms with Crippen molar-refractivity contribution < 1.29 is 9.53 Å². The highest BCUT2D eigenvalue weighted by Gasteiger charge is 2.24. The van der Waals surface area contributed by atoms with E-state index in [-0.39, 0.29) is 12.0 Å². The maximum Gasteiger partial charge on any atom is 0.336 e. The molecule has 0 aliphatic heterocycles. The molecule has 2 N–H and O–H groups in total. The molecule has 3 heteroatoms. The predicted octanol–water partition coefficient (Wildman–Crippen LogP) is 1.51. The Balaban J connectivity index is 2.48. The molecule has 0 saturated carbocycles. The minimum atomic E-state index is -0.373. The van der Waals surface area contributed by atoms with Crippen molar-refractivity contribution in [3.05, 3.63) is 53.6 Å². The third-order valence-electron chi connectivity index (χ3n) is 2.58. The standard InChI is InChI=1S/C13H13NO2/c1-16-13(15)12-10(7-8-11(12)14)9-5-3-2-4-6-9/h2-8,11H,14H2,1H3. The van der Waals surface area contributed by atoms with Gasteiger partial charge in [-0.2, -0.15) is 0 Å². The van der Waals surface area contributed by atoms with Gasteiger partial charge in [-0.15, -0.1) is 0 Å². The molecule has 1 aliphatic rings. The topological polar surface area (TPSA) is 52.3 Å². The molecule has 82 valence electrons. The minimum Gasteiger partial charge on any atom is -0.466 e. The molecule has 0 aromatic heterocycles. The zero-order valence-electron chi connectivity index (χ0n) is 9.01. The van der Waals surface area contributed by atoms with Crippen LogP contribution < -0.4 is 5.73 Å². The molecule has 0 saturated heterocycles. The number of benzene rings is 1. The second-order valence-electron chi connectivity index (χ2n) is 3.57. The Morgan fingerprint density at radius 3 is 2.62 bits per heavy atom. The lowest BCUT2D eigenvalue weighted by molar-refractivity contribution is -0.136. The highest BCUT2D eigenvalue weighted by molar-refractivity contribution is 6.03. The van der Waals surface area contributed by atoms with Crippen LogP contribution in [0.1, 0.15) is 5.56 Å². The van der Waals surface area contributed by atoms with E-state index in [1.807, 2.05) is 36.4 Å². The molecule has 16 heavy (non-hydrogen) atoms. The summed E-state index contributed by atoms with van der Waals surface area (Å²) in [6.45, 7) is 0. The van der Waals surface area contributed by atoms with Crippen LogP contribution in [0.3, 0.4) is 0 Å². The summed E-state index contributed by atoms with van der Waals surface area (Å²) in [5.41, 5.74) is 8.19. The van der Waals surface area contributed by atoms with Crippen LogP contribution in [0.4, 0.5) is 0 Å². The molecule has 1 aliphatic carbocycles. The first-order valence-corrected chi connectivity index (χ1v) is 5.05. The number of allylic oxidation sites excluding steroid dienone is 2. The Bertz CT molecular complexity index is 460. The smallest absolute Gasteiger partial charge is 0.336 e. The van der Waals surface area contributed by atoms with Crippen molar-refractivity contribution in [1.82, 2.24) is 0 Å². The second kappa shape index (κ2) is 4.33. The van der Waals surface area contributed by atoms with Gasteiger partial charge in [0, 0.05) is 0 Å². The molecule has 0 fully saturated rings. The van der Waals surface area contributed by atoms with Gasteiger partial charge in [-0.05, 0) is 11.1 Å². The van der Waals surface area contributed by atoms with E-state index in [0.29, 0.717) is 5.57 Å². The summed E-state index contributed by atoms with van der Waals surface area (Å²) in [4.78, 5) is 11.6. The summed E-state index contributed by atoms with van der Waals surface area (Å²) >= 11 is 0. The highest BCUT2D eigenvalue weighted by atomic mass is 16.5. The van der Waals surface area contributed by atoms with Crippen molar-refractivity contribution in [1.29, 1.82) is 0 Å². The third kappa shape index (κ3) is 1.77. The molecule has 1 unspecified atom stereocenters. The zero-order chi connectivity index (χ0) is 11.5. The van der Waals surface area contributed by atoms with Crippen LogP contribution in [0.5, 0.6) is 0 Å². The summed E-state index contributed by atoms with van der Waals surface area (Å²) in [7, 11) is 1.36. The van der Waals surface area contributed by atoms with Crippen LogP contribution in [0.2, 0.25) is 0 Å². The van der Waals surface area contributed by atoms with Gasteiger partial charge in [0.1, 0.15) is 0 Å². The fraction of sp³-hybridized carbons (Fsp3) is 0.154. The number of rotatable bonds is 2. The van der Waals surface area contributed by atoms with E-state index in [0.717, 1.165) is 11.1 Å². The minimum absolute atomic E-state index is 0.364. The molecule has 0 spiro atoms. The SMILES string of the molecule is COC(=O)C1=C(c2ccccc2)C=CC1N. The van der Waals surface area contributed by atoms with Crippen LogP contribution in [0, 0.1) is 0 Å². The zero-order valence-corrected chi connectivity index (χ0v) is 9.01. The molecule has 1 aromatic carbocycles. The number of carbonyl (C=O) groups excluding carboxylic acids is 1. The fourth-order valence-electron chi connectivity index (χ4n) is 1.79. The lowest BCUT2D eigenvalue weighted by atomic mass is 10.0. The first kappa shape index (κ1) is 10.6. The van der Waals surface area contributed by atoms with Gasteiger partial charge in [-0.25, -0.2) is 4.79 Å². The number of methoxy groups -OCH3 is 1. The Morgan fingerprint density at radius 2 is 2.00 bits per heavy atom. The molecule has 0 heterocycles. The first-order chi connectivity index (χ1) is 7.74. The summed E-state index contributed by atoms with van der Waals surface area (Å²) in [5.74, 6) is -0.364. The van der Waals surface area contributed by atoms with Crippen LogP contribution in [-0.2, 0) is 9.53 Å². The highest BCUT2D eigenvalue weighted by Crippen LogP contribution is 2.28. The predicted molar refractivity (Wildman–Crippen MR) is 62.5 cm³/mol. The molecule has 0 amide bonds. The normalized spacial score (nSPS) is 19.0. The van der Waals surface area contributed by atoms with Gasteiger partial charge in [-0.3, -0.25) is 0 Å². The summed E-state index contributed by atoms with van der Waals surface area (Å²) in [5, 5.41) is 0. The average molecular weight is 215 g/mol. The molecule has 3 nitrogen and oxygen atoms in total. The quantitative estimate of drug-likeness (QED) is 0.761. The van der Waals surface area contributed by atoms with E-state index in [2.05, 4.69) is 0 Å². The van der Waals surface area contributed by atoms with E-state index >= 15 is 0 Å². The molecule has 2 rings (SSSR count). The van der Waals surface area contributed by atoms with E-state index in [1.165, 1.54) is 7.11 Å². The summed E-state index contributed by atoms with van der Waals surface area (Å²) in [6, 6.07) is 9.30. The Hall–Kier alpha value is -1.87. The number of esters is 1. The Morgan fingerprint density at radius 1 is 1.31 bits per heavy atom. The molecular formula is C13H13NO2. The summed E-state index contributed by atoms with van der Waals surface area (Å²) in [6.07, 6.45) is 3.67. The number of carbonyl (C=O) groups is 1. The second-order valence-corrected chi connectivity index (χ2v) is 3.57. The van der Waals surface area contributed by atoms with Gasteiger partial charge in [0.15, 0.2) is 0 Å². The lowest BCUT2D eigenvalue weighted by Gasteiger charge is -2.09. The van der Waals surface area contributed by atoms with Crippen LogP contribution in [-0.4, -0.2) is 19.1 Å². The largest absolute Gasteiger partial charge is 0.466 e. The lowest BCUT2D eigenvalue weighted by Crippen LogP contribution is -2.24. The van der Waals surface area contributed by atoms with Gasteiger partial charge in [0.2, 0.25) is 0 Å². The van der Waals surface area contributed by atoms with E-state index in [1.54, 1.807) is 6.08 Å². The fourth-order valence-corrected chi connectivity index (χ4v) is 1.79. The molecule has 0 radical (unpaired) electrons. The van der Waals surface area contributed by atoms with Gasteiger partial charge in [-0.1, -0.05) is 42.5 Å². The first-order valence-electron chi connectivity index (χ1n) is 5.05. The molecular weight excluding hydrogens is 202 g/mol. The monoisotopic (exact) mass is 215 g/mol. The van der Waals surface area contributed by atoms with Gasteiger partial charge in [0.25, 0.3) is 0 Å². The van der Waals surface area contributed by atoms with E-state index in [9.17, 15) is 4.79 Å². The van der Waals surface area contributed by atoms with Crippen LogP contribution in [0.25, 0.3) is 5.57 Å². The van der Waals surface area contributed by atoms with Crippen molar-refractivity contribution in [2.75, 3.05) is 7.11 Å². The molecule has 1 atom stereocenters. The maximum atomic E-state index is 11.6. The molecule has 1 aromatic rings. The van der Waals surface area contributed by atoms with Gasteiger partial charge >= 0.3 is 5.97 Å². The third-order valence-corrected chi connectivity index (χ3v) is 2.58. The van der Waals surface area contributed by atoms with Crippen molar-refractivity contribution in [2.24, 2.45) is 5.73 Å². The van der Waals surface area contributed by atoms with Crippen LogP contribution in [0.15, 0.2) is 48.1 Å². The average Bonchev–Trinajstić information content (AvgIpc) is 2.71. The number of ether oxygens (including phenoxy) is 1. The van der Waals surface area contributed by atoms with E-state index in [4.69, 9.17) is 10.5 Å². The Kier molecular flexibility index (Phi) is 2.88. The van der Waals surface area contributed by atoms with Gasteiger partial charge < -0.3 is 10.5 Å². The number of hydrogen-bond acceptors (Lipinski definition) is 3. The number of hydrogen-bond donors (Lipinski definition) is 1. The molecule has 0 bridgehead atoms. The van der Waals surface area contributed by atoms with Gasteiger partial charge in [0.05, 0.1) is 18.7 Å². The van der Waals surface area contributed by atoms with Crippen LogP contribution >= 0.6 is 0 Å².